The number of fused-ring (bicyclic) bond motifs is 2. The lowest BCUT2D eigenvalue weighted by molar-refractivity contribution is -0.143. The Morgan fingerprint density at radius 2 is 1.57 bits per heavy atom. The molecule has 0 saturated carbocycles. The summed E-state index contributed by atoms with van der Waals surface area (Å²) in [6.45, 7) is -0.252. The molecule has 37 heavy (non-hydrogen) atoms. The van der Waals surface area contributed by atoms with E-state index in [2.05, 4.69) is 4.90 Å². The van der Waals surface area contributed by atoms with Crippen molar-refractivity contribution in [2.75, 3.05) is 19.4 Å². The maximum atomic E-state index is 13.3. The van der Waals surface area contributed by atoms with Crippen LogP contribution in [0.3, 0.4) is 0 Å². The summed E-state index contributed by atoms with van der Waals surface area (Å²) in [5, 5.41) is 0. The van der Waals surface area contributed by atoms with Gasteiger partial charge in [-0.05, 0) is 55.0 Å². The van der Waals surface area contributed by atoms with Gasteiger partial charge in [0.25, 0.3) is 10.1 Å². The van der Waals surface area contributed by atoms with E-state index in [4.69, 9.17) is 8.92 Å². The number of halogens is 6. The molecule has 4 rings (SSSR count). The van der Waals surface area contributed by atoms with Crippen molar-refractivity contribution in [1.29, 1.82) is 0 Å². The minimum Gasteiger partial charge on any atom is -0.371 e. The number of piperidine rings is 1. The van der Waals surface area contributed by atoms with Crippen molar-refractivity contribution in [3.8, 4) is 0 Å². The van der Waals surface area contributed by atoms with Crippen LogP contribution < -0.4 is 0 Å². The van der Waals surface area contributed by atoms with Crippen molar-refractivity contribution < 1.29 is 43.7 Å². The molecule has 2 bridgehead atoms. The van der Waals surface area contributed by atoms with E-state index >= 15 is 0 Å². The Balaban J connectivity index is 1.64. The molecule has 0 amide bonds. The van der Waals surface area contributed by atoms with Gasteiger partial charge >= 0.3 is 12.4 Å². The van der Waals surface area contributed by atoms with Gasteiger partial charge in [-0.25, -0.2) is 0 Å². The molecule has 2 fully saturated rings. The van der Waals surface area contributed by atoms with E-state index in [1.54, 1.807) is 0 Å². The van der Waals surface area contributed by atoms with Gasteiger partial charge in [0.2, 0.25) is 0 Å². The average molecular weight is 552 g/mol. The molecule has 204 valence electrons. The summed E-state index contributed by atoms with van der Waals surface area (Å²) in [4.78, 5) is 2.12. The molecular formula is C25H27F6NO4S. The Morgan fingerprint density at radius 1 is 0.946 bits per heavy atom. The molecule has 2 aromatic rings. The third kappa shape index (κ3) is 6.13. The topological polar surface area (TPSA) is 55.8 Å². The Bertz CT molecular complexity index is 1170. The number of rotatable bonds is 8. The summed E-state index contributed by atoms with van der Waals surface area (Å²) < 4.78 is 114. The average Bonchev–Trinajstić information content (AvgIpc) is 3.05. The number of hydrogen-bond acceptors (Lipinski definition) is 5. The van der Waals surface area contributed by atoms with Gasteiger partial charge in [-0.2, -0.15) is 34.8 Å². The highest BCUT2D eigenvalue weighted by molar-refractivity contribution is 7.85. The summed E-state index contributed by atoms with van der Waals surface area (Å²) in [7, 11) is -3.66. The molecular weight excluding hydrogens is 524 g/mol. The Hall–Kier alpha value is -2.15. The summed E-state index contributed by atoms with van der Waals surface area (Å²) in [6, 6.07) is 10.9. The van der Waals surface area contributed by atoms with Gasteiger partial charge in [-0.3, -0.25) is 9.08 Å². The largest absolute Gasteiger partial charge is 0.416 e. The second kappa shape index (κ2) is 10.2. The van der Waals surface area contributed by atoms with Crippen LogP contribution in [0.5, 0.6) is 0 Å². The van der Waals surface area contributed by atoms with Crippen molar-refractivity contribution in [3.05, 3.63) is 70.8 Å². The van der Waals surface area contributed by atoms with E-state index in [1.807, 2.05) is 30.3 Å². The standard InChI is InChI=1S/C25H27F6NO4S/c1-37(33,34)36-12-11-32-21-7-8-22(23(32,10-9-21)18-5-3-2-4-6-18)35-16-17-13-19(24(26,27)28)15-20(14-17)25(29,30)31/h2-6,13-15,21-22H,7-12,16H2,1H3/t21-,22+,23+/m0/s1. The molecule has 2 heterocycles. The molecule has 3 atom stereocenters. The molecule has 0 N–H and O–H groups in total. The van der Waals surface area contributed by atoms with Crippen LogP contribution >= 0.6 is 0 Å². The number of alkyl halides is 6. The molecule has 0 radical (unpaired) electrons. The first kappa shape index (κ1) is 27.9. The maximum absolute atomic E-state index is 13.3. The van der Waals surface area contributed by atoms with Gasteiger partial charge < -0.3 is 4.74 Å². The van der Waals surface area contributed by atoms with Gasteiger partial charge in [-0.1, -0.05) is 30.3 Å². The lowest BCUT2D eigenvalue weighted by atomic mass is 9.79. The van der Waals surface area contributed by atoms with E-state index in [9.17, 15) is 34.8 Å². The molecule has 5 nitrogen and oxygen atoms in total. The summed E-state index contributed by atoms with van der Waals surface area (Å²) >= 11 is 0. The quantitative estimate of drug-likeness (QED) is 0.310. The van der Waals surface area contributed by atoms with Gasteiger partial charge in [-0.15, -0.1) is 0 Å². The summed E-state index contributed by atoms with van der Waals surface area (Å²) in [6.07, 6.45) is -6.81. The molecule has 0 unspecified atom stereocenters. The van der Waals surface area contributed by atoms with Crippen molar-refractivity contribution in [2.45, 2.75) is 62.3 Å². The zero-order valence-corrected chi connectivity index (χ0v) is 20.8. The van der Waals surface area contributed by atoms with E-state index < -0.39 is 51.8 Å². The van der Waals surface area contributed by atoms with Crippen LogP contribution in [0.4, 0.5) is 26.3 Å². The highest BCUT2D eigenvalue weighted by Gasteiger charge is 2.55. The fourth-order valence-electron chi connectivity index (χ4n) is 5.65. The third-order valence-corrected chi connectivity index (χ3v) is 7.70. The zero-order chi connectivity index (χ0) is 27.1. The maximum Gasteiger partial charge on any atom is 0.416 e. The normalized spacial score (nSPS) is 24.9. The minimum atomic E-state index is -4.94. The minimum absolute atomic E-state index is 0.0841. The Labute approximate surface area is 211 Å². The van der Waals surface area contributed by atoms with E-state index in [0.29, 0.717) is 31.4 Å². The van der Waals surface area contributed by atoms with Crippen LogP contribution in [0.1, 0.15) is 47.9 Å². The Kier molecular flexibility index (Phi) is 7.68. The molecule has 2 aliphatic heterocycles. The molecule has 2 saturated heterocycles. The molecule has 0 spiro atoms. The summed E-state index contributed by atoms with van der Waals surface area (Å²) in [5.41, 5.74) is -2.83. The summed E-state index contributed by atoms with van der Waals surface area (Å²) in [5.74, 6) is 0. The van der Waals surface area contributed by atoms with Crippen molar-refractivity contribution >= 4 is 10.1 Å². The SMILES string of the molecule is CS(=O)(=O)OCCN1[C@H]2CC[C@@H](OCc3cc(C(F)(F)F)cc(C(F)(F)F)c3)[C@]1(c1ccccc1)CC2. The first-order chi connectivity index (χ1) is 17.2. The van der Waals surface area contributed by atoms with Crippen molar-refractivity contribution in [1.82, 2.24) is 4.90 Å². The van der Waals surface area contributed by atoms with Crippen molar-refractivity contribution in [3.63, 3.8) is 0 Å². The number of nitrogens with zero attached hydrogens (tertiary/aromatic N) is 1. The van der Waals surface area contributed by atoms with Crippen LogP contribution in [0.2, 0.25) is 0 Å². The lowest BCUT2D eigenvalue weighted by Gasteiger charge is -2.50. The van der Waals surface area contributed by atoms with Crippen LogP contribution in [-0.4, -0.2) is 44.9 Å². The highest BCUT2D eigenvalue weighted by Crippen LogP contribution is 2.52. The van der Waals surface area contributed by atoms with Crippen LogP contribution in [0, 0.1) is 0 Å². The van der Waals surface area contributed by atoms with Crippen LogP contribution in [-0.2, 0) is 43.5 Å². The van der Waals surface area contributed by atoms with Crippen LogP contribution in [0.25, 0.3) is 0 Å². The fraction of sp³-hybridized carbons (Fsp3) is 0.520. The molecule has 2 aromatic carbocycles. The predicted molar refractivity (Wildman–Crippen MR) is 123 cm³/mol. The highest BCUT2D eigenvalue weighted by atomic mass is 32.2. The molecule has 2 aliphatic rings. The first-order valence-electron chi connectivity index (χ1n) is 11.8. The molecule has 12 heteroatoms. The van der Waals surface area contributed by atoms with Gasteiger partial charge in [0.05, 0.1) is 42.2 Å². The van der Waals surface area contributed by atoms with Gasteiger partial charge in [0.15, 0.2) is 0 Å². The van der Waals surface area contributed by atoms with E-state index in [-0.39, 0.29) is 30.8 Å². The number of benzene rings is 2. The van der Waals surface area contributed by atoms with Gasteiger partial charge in [0.1, 0.15) is 0 Å². The fourth-order valence-corrected chi connectivity index (χ4v) is 6.03. The lowest BCUT2D eigenvalue weighted by Crippen LogP contribution is -2.57. The third-order valence-electron chi connectivity index (χ3n) is 7.11. The number of hydrogen-bond donors (Lipinski definition) is 0. The van der Waals surface area contributed by atoms with Crippen LogP contribution in [0.15, 0.2) is 48.5 Å². The second-order valence-electron chi connectivity index (χ2n) is 9.49. The van der Waals surface area contributed by atoms with E-state index in [0.717, 1.165) is 18.2 Å². The molecule has 0 aliphatic carbocycles. The van der Waals surface area contributed by atoms with E-state index in [1.165, 1.54) is 0 Å². The monoisotopic (exact) mass is 551 g/mol. The first-order valence-corrected chi connectivity index (χ1v) is 13.6. The second-order valence-corrected chi connectivity index (χ2v) is 11.1. The van der Waals surface area contributed by atoms with Gasteiger partial charge in [0, 0.05) is 12.6 Å². The number of ether oxygens (including phenoxy) is 1. The zero-order valence-electron chi connectivity index (χ0n) is 20.0. The smallest absolute Gasteiger partial charge is 0.371 e. The molecule has 0 aromatic heterocycles. The van der Waals surface area contributed by atoms with Crippen molar-refractivity contribution in [2.24, 2.45) is 0 Å². The predicted octanol–water partition coefficient (Wildman–Crippen LogP) is 5.74. The Morgan fingerprint density at radius 3 is 2.14 bits per heavy atom.